The molecule has 1 amide bonds. The van der Waals surface area contributed by atoms with Crippen LogP contribution in [0, 0.1) is 41.7 Å². The van der Waals surface area contributed by atoms with Crippen LogP contribution in [0.2, 0.25) is 0 Å². The molecule has 7 rings (SSSR count). The number of benzene rings is 1. The molecule has 4 aliphatic carbocycles. The maximum absolute atomic E-state index is 13.2. The van der Waals surface area contributed by atoms with Crippen LogP contribution in [0.25, 0.3) is 0 Å². The van der Waals surface area contributed by atoms with Crippen molar-refractivity contribution in [3.63, 3.8) is 0 Å². The standard InChI is InChI=1S/C26H29BrN6O3/c1-15-23(27)16(2)31(29-15)13-17-4-3-5-21(9-17)28-25(34)24-22(33(35)36)14-32(30-24)26-10-18-6-19(11-26)8-20(7-18)12-26/h3-5,9,14,18-20H,6-8,10-13H2,1-2H3,(H,28,34). The third-order valence-electron chi connectivity index (χ3n) is 8.41. The number of halogens is 1. The lowest BCUT2D eigenvalue weighted by Gasteiger charge is -2.56. The molecule has 2 aromatic heterocycles. The van der Waals surface area contributed by atoms with Crippen molar-refractivity contribution >= 4 is 33.2 Å². The third-order valence-corrected chi connectivity index (χ3v) is 9.56. The van der Waals surface area contributed by atoms with Crippen molar-refractivity contribution in [2.24, 2.45) is 17.8 Å². The van der Waals surface area contributed by atoms with Crippen molar-refractivity contribution in [1.82, 2.24) is 19.6 Å². The number of nitrogens with one attached hydrogen (secondary N) is 1. The molecule has 0 saturated heterocycles. The van der Waals surface area contributed by atoms with Gasteiger partial charge in [0.2, 0.25) is 5.69 Å². The van der Waals surface area contributed by atoms with Crippen LogP contribution in [0.1, 0.15) is 66.0 Å². The molecule has 0 unspecified atom stereocenters. The Labute approximate surface area is 217 Å². The van der Waals surface area contributed by atoms with Gasteiger partial charge < -0.3 is 5.32 Å². The van der Waals surface area contributed by atoms with E-state index in [1.54, 1.807) is 10.7 Å². The maximum Gasteiger partial charge on any atom is 0.320 e. The van der Waals surface area contributed by atoms with Gasteiger partial charge in [-0.05, 0) is 104 Å². The van der Waals surface area contributed by atoms with Crippen LogP contribution in [-0.4, -0.2) is 30.4 Å². The number of carbonyl (C=O) groups is 1. The quantitative estimate of drug-likeness (QED) is 0.316. The fraction of sp³-hybridized carbons (Fsp3) is 0.500. The zero-order chi connectivity index (χ0) is 25.2. The molecule has 9 nitrogen and oxygen atoms in total. The number of hydrogen-bond donors (Lipinski definition) is 1. The summed E-state index contributed by atoms with van der Waals surface area (Å²) in [5.74, 6) is 1.45. The molecule has 4 saturated carbocycles. The molecule has 188 valence electrons. The molecular weight excluding hydrogens is 524 g/mol. The van der Waals surface area contributed by atoms with Gasteiger partial charge in [0.15, 0.2) is 0 Å². The highest BCUT2D eigenvalue weighted by molar-refractivity contribution is 9.10. The van der Waals surface area contributed by atoms with Crippen molar-refractivity contribution in [2.75, 3.05) is 5.32 Å². The number of anilines is 1. The van der Waals surface area contributed by atoms with Gasteiger partial charge in [-0.1, -0.05) is 12.1 Å². The van der Waals surface area contributed by atoms with E-state index in [0.717, 1.165) is 40.7 Å². The monoisotopic (exact) mass is 552 g/mol. The third kappa shape index (κ3) is 3.95. The van der Waals surface area contributed by atoms with E-state index in [1.807, 2.05) is 36.7 Å². The highest BCUT2D eigenvalue weighted by atomic mass is 79.9. The Balaban J connectivity index is 1.25. The molecular formula is C26H29BrN6O3. The van der Waals surface area contributed by atoms with Gasteiger partial charge in [-0.25, -0.2) is 0 Å². The predicted molar refractivity (Wildman–Crippen MR) is 138 cm³/mol. The Morgan fingerprint density at radius 3 is 2.42 bits per heavy atom. The molecule has 3 aromatic rings. The van der Waals surface area contributed by atoms with Crippen LogP contribution >= 0.6 is 15.9 Å². The first-order valence-electron chi connectivity index (χ1n) is 12.5. The zero-order valence-corrected chi connectivity index (χ0v) is 22.0. The Bertz CT molecular complexity index is 1340. The molecule has 0 aliphatic heterocycles. The molecule has 4 fully saturated rings. The van der Waals surface area contributed by atoms with Gasteiger partial charge >= 0.3 is 5.69 Å². The highest BCUT2D eigenvalue weighted by Gasteiger charge is 2.53. The van der Waals surface area contributed by atoms with E-state index < -0.39 is 10.8 Å². The molecule has 1 aromatic carbocycles. The van der Waals surface area contributed by atoms with Gasteiger partial charge in [-0.15, -0.1) is 0 Å². The number of nitrogens with zero attached hydrogens (tertiary/aromatic N) is 5. The number of rotatable bonds is 6. The summed E-state index contributed by atoms with van der Waals surface area (Å²) in [7, 11) is 0. The first-order valence-corrected chi connectivity index (χ1v) is 13.3. The van der Waals surface area contributed by atoms with Crippen molar-refractivity contribution < 1.29 is 9.72 Å². The van der Waals surface area contributed by atoms with Crippen LogP contribution in [0.15, 0.2) is 34.9 Å². The minimum absolute atomic E-state index is 0.122. The fourth-order valence-corrected chi connectivity index (χ4v) is 7.47. The lowest BCUT2D eigenvalue weighted by molar-refractivity contribution is -0.385. The van der Waals surface area contributed by atoms with Crippen molar-refractivity contribution in [1.29, 1.82) is 0 Å². The SMILES string of the molecule is Cc1nn(Cc2cccc(NC(=O)c3nn(C45CC6CC(CC(C6)C4)C5)cc3[N+](=O)[O-])c2)c(C)c1Br. The summed E-state index contributed by atoms with van der Waals surface area (Å²) in [5.41, 5.74) is 2.92. The summed E-state index contributed by atoms with van der Waals surface area (Å²) in [5, 5.41) is 23.9. The lowest BCUT2D eigenvalue weighted by Crippen LogP contribution is -2.52. The molecule has 0 atom stereocenters. The largest absolute Gasteiger partial charge is 0.320 e. The summed E-state index contributed by atoms with van der Waals surface area (Å²) in [6.45, 7) is 4.48. The van der Waals surface area contributed by atoms with E-state index in [0.29, 0.717) is 30.0 Å². The van der Waals surface area contributed by atoms with E-state index in [9.17, 15) is 14.9 Å². The van der Waals surface area contributed by atoms with Gasteiger partial charge in [-0.2, -0.15) is 10.2 Å². The fourth-order valence-electron chi connectivity index (χ4n) is 7.19. The van der Waals surface area contributed by atoms with Gasteiger partial charge in [0.1, 0.15) is 6.20 Å². The van der Waals surface area contributed by atoms with Gasteiger partial charge in [0.25, 0.3) is 5.91 Å². The molecule has 36 heavy (non-hydrogen) atoms. The summed E-state index contributed by atoms with van der Waals surface area (Å²) >= 11 is 3.55. The first kappa shape index (κ1) is 23.4. The Hall–Kier alpha value is -3.01. The number of carbonyl (C=O) groups excluding carboxylic acids is 1. The van der Waals surface area contributed by atoms with E-state index in [2.05, 4.69) is 31.4 Å². The molecule has 0 spiro atoms. The summed E-state index contributed by atoms with van der Waals surface area (Å²) < 4.78 is 4.66. The van der Waals surface area contributed by atoms with E-state index in [-0.39, 0.29) is 16.9 Å². The topological polar surface area (TPSA) is 108 Å². The molecule has 2 heterocycles. The summed E-state index contributed by atoms with van der Waals surface area (Å²) in [4.78, 5) is 24.6. The number of amides is 1. The highest BCUT2D eigenvalue weighted by Crippen LogP contribution is 2.58. The van der Waals surface area contributed by atoms with Crippen LogP contribution in [0.3, 0.4) is 0 Å². The van der Waals surface area contributed by atoms with Crippen molar-refractivity contribution in [3.05, 3.63) is 67.7 Å². The predicted octanol–water partition coefficient (Wildman–Crippen LogP) is 5.59. The normalized spacial score (nSPS) is 26.4. The van der Waals surface area contributed by atoms with Crippen LogP contribution < -0.4 is 5.32 Å². The molecule has 1 N–H and O–H groups in total. The van der Waals surface area contributed by atoms with E-state index in [1.165, 1.54) is 25.5 Å². The van der Waals surface area contributed by atoms with Gasteiger partial charge in [0, 0.05) is 5.69 Å². The van der Waals surface area contributed by atoms with Gasteiger partial charge in [-0.3, -0.25) is 24.3 Å². The number of hydrogen-bond acceptors (Lipinski definition) is 5. The molecule has 4 bridgehead atoms. The number of aryl methyl sites for hydroxylation is 1. The van der Waals surface area contributed by atoms with Crippen LogP contribution in [0.4, 0.5) is 11.4 Å². The van der Waals surface area contributed by atoms with Crippen molar-refractivity contribution in [2.45, 2.75) is 64.5 Å². The van der Waals surface area contributed by atoms with E-state index >= 15 is 0 Å². The number of nitro groups is 1. The summed E-state index contributed by atoms with van der Waals surface area (Å²) in [6.07, 6.45) is 8.30. The second-order valence-electron chi connectivity index (χ2n) is 11.0. The molecule has 4 aliphatic rings. The molecule has 0 radical (unpaired) electrons. The van der Waals surface area contributed by atoms with Gasteiger partial charge in [0.05, 0.1) is 32.9 Å². The van der Waals surface area contributed by atoms with Crippen LogP contribution in [-0.2, 0) is 12.1 Å². The minimum Gasteiger partial charge on any atom is -0.320 e. The Kier molecular flexibility index (Phi) is 5.55. The zero-order valence-electron chi connectivity index (χ0n) is 20.4. The first-order chi connectivity index (χ1) is 17.2. The van der Waals surface area contributed by atoms with Crippen molar-refractivity contribution in [3.8, 4) is 0 Å². The second kappa shape index (κ2) is 8.54. The molecule has 10 heteroatoms. The van der Waals surface area contributed by atoms with Crippen LogP contribution in [0.5, 0.6) is 0 Å². The summed E-state index contributed by atoms with van der Waals surface area (Å²) in [6, 6.07) is 7.46. The Morgan fingerprint density at radius 2 is 1.83 bits per heavy atom. The van der Waals surface area contributed by atoms with E-state index in [4.69, 9.17) is 0 Å². The maximum atomic E-state index is 13.2. The lowest BCUT2D eigenvalue weighted by atomic mass is 9.53. The smallest absolute Gasteiger partial charge is 0.320 e. The second-order valence-corrected chi connectivity index (χ2v) is 11.8. The Morgan fingerprint density at radius 1 is 1.17 bits per heavy atom. The average Bonchev–Trinajstić information content (AvgIpc) is 3.38. The minimum atomic E-state index is -0.559. The average molecular weight is 553 g/mol. The number of aromatic nitrogens is 4.